The lowest BCUT2D eigenvalue weighted by Gasteiger charge is -2.30. The van der Waals surface area contributed by atoms with Gasteiger partial charge in [-0.05, 0) is 90.8 Å². The minimum Gasteiger partial charge on any atom is -0.483 e. The topological polar surface area (TPSA) is 191 Å². The van der Waals surface area contributed by atoms with Gasteiger partial charge in [-0.15, -0.1) is 10.2 Å². The normalized spacial score (nSPS) is 12.5. The monoisotopic (exact) mass is 873 g/mol. The Morgan fingerprint density at radius 2 is 1.43 bits per heavy atom. The van der Waals surface area contributed by atoms with Crippen molar-refractivity contribution in [3.8, 4) is 22.9 Å². The summed E-state index contributed by atoms with van der Waals surface area (Å²) >= 11 is 0. The number of carbonyl (C=O) groups is 2. The number of azo groups is 1. The Balaban J connectivity index is 1.34. The van der Waals surface area contributed by atoms with Crippen LogP contribution in [0.5, 0.6) is 17.2 Å². The van der Waals surface area contributed by atoms with Crippen molar-refractivity contribution in [1.29, 1.82) is 0 Å². The Labute approximate surface area is 366 Å². The van der Waals surface area contributed by atoms with Gasteiger partial charge >= 0.3 is 6.29 Å². The minimum absolute atomic E-state index is 0.0628. The summed E-state index contributed by atoms with van der Waals surface area (Å²) in [6, 6.07) is 32.9. The molecule has 0 saturated heterocycles. The van der Waals surface area contributed by atoms with Gasteiger partial charge < -0.3 is 19.5 Å². The summed E-state index contributed by atoms with van der Waals surface area (Å²) in [5, 5.41) is 14.4. The maximum absolute atomic E-state index is 13.8. The molecule has 3 N–H and O–H groups in total. The number of hydrogen-bond acceptors (Lipinski definition) is 10. The first kappa shape index (κ1) is 45.7. The molecule has 6 aromatic rings. The van der Waals surface area contributed by atoms with E-state index in [0.717, 1.165) is 35.2 Å². The molecular formula is C48H51N5O9S. The van der Waals surface area contributed by atoms with Crippen molar-refractivity contribution in [1.82, 2.24) is 9.78 Å². The highest BCUT2D eigenvalue weighted by Crippen LogP contribution is 2.39. The van der Waals surface area contributed by atoms with E-state index in [1.165, 1.54) is 35.9 Å². The molecule has 0 fully saturated rings. The number of anilines is 1. The smallest absolute Gasteiger partial charge is 0.305 e. The number of ether oxygens (including phenoxy) is 3. The zero-order valence-electron chi connectivity index (χ0n) is 36.2. The molecule has 1 unspecified atom stereocenters. The third kappa shape index (κ3) is 11.0. The Kier molecular flexibility index (Phi) is 13.8. The highest BCUT2D eigenvalue weighted by molar-refractivity contribution is 7.85. The van der Waals surface area contributed by atoms with Crippen LogP contribution < -0.4 is 25.1 Å². The number of nitrogens with zero attached hydrogens (tertiary/aromatic N) is 3. The molecule has 14 nitrogen and oxygen atoms in total. The molecule has 328 valence electrons. The quantitative estimate of drug-likeness (QED) is 0.0326. The van der Waals surface area contributed by atoms with Crippen LogP contribution in [0.2, 0.25) is 0 Å². The van der Waals surface area contributed by atoms with Crippen LogP contribution in [-0.2, 0) is 25.7 Å². The van der Waals surface area contributed by atoms with E-state index in [4.69, 9.17) is 14.2 Å². The van der Waals surface area contributed by atoms with Crippen LogP contribution in [0.1, 0.15) is 81.6 Å². The number of aryl methyl sites for hydroxylation is 1. The van der Waals surface area contributed by atoms with E-state index < -0.39 is 33.7 Å². The maximum atomic E-state index is 13.8. The summed E-state index contributed by atoms with van der Waals surface area (Å²) in [5.41, 5.74) is 2.39. The average Bonchev–Trinajstić information content (AvgIpc) is 3.56. The van der Waals surface area contributed by atoms with Crippen molar-refractivity contribution in [2.45, 2.75) is 83.3 Å². The average molecular weight is 874 g/mol. The molecular weight excluding hydrogens is 823 g/mol. The number of benzene rings is 5. The fourth-order valence-electron chi connectivity index (χ4n) is 6.43. The van der Waals surface area contributed by atoms with Gasteiger partial charge in [0, 0.05) is 17.2 Å². The number of nitrogens with one attached hydrogen (secondary N) is 2. The maximum Gasteiger partial charge on any atom is 0.305 e. The van der Waals surface area contributed by atoms with Gasteiger partial charge in [0.05, 0.1) is 22.0 Å². The van der Waals surface area contributed by atoms with Crippen LogP contribution in [0.25, 0.3) is 5.69 Å². The molecule has 1 amide bonds. The summed E-state index contributed by atoms with van der Waals surface area (Å²) in [6.45, 7) is 14.2. The highest BCUT2D eigenvalue weighted by Gasteiger charge is 2.28. The second kappa shape index (κ2) is 19.1. The van der Waals surface area contributed by atoms with E-state index in [0.29, 0.717) is 22.8 Å². The highest BCUT2D eigenvalue weighted by atomic mass is 32.2. The summed E-state index contributed by atoms with van der Waals surface area (Å²) in [6.07, 6.45) is 0.347. The molecule has 6 rings (SSSR count). The SMILES string of the molecule is CCC(C)(C)c1ccc(OCC(=O)Nc2cc(OC(Oc3ccccc3)C(=O)c3ccccc3)ccc2N=Nc2c(C)[nH]n(-c3ccc(S(=O)(=O)O)cc3)c2=O)c(C(C)(C)CC)c1. The van der Waals surface area contributed by atoms with Crippen LogP contribution in [0.4, 0.5) is 17.1 Å². The van der Waals surface area contributed by atoms with Gasteiger partial charge in [0.2, 0.25) is 5.78 Å². The predicted octanol–water partition coefficient (Wildman–Crippen LogP) is 10.2. The second-order valence-corrected chi connectivity index (χ2v) is 17.6. The molecule has 0 aliphatic rings. The Morgan fingerprint density at radius 3 is 2.06 bits per heavy atom. The molecule has 5 aromatic carbocycles. The van der Waals surface area contributed by atoms with Gasteiger partial charge in [-0.2, -0.15) is 8.42 Å². The summed E-state index contributed by atoms with van der Waals surface area (Å²) < 4.78 is 52.1. The number of ketones is 1. The Morgan fingerprint density at radius 1 is 0.794 bits per heavy atom. The van der Waals surface area contributed by atoms with E-state index in [-0.39, 0.29) is 50.8 Å². The lowest BCUT2D eigenvalue weighted by Crippen LogP contribution is -2.33. The van der Waals surface area contributed by atoms with Gasteiger partial charge in [0.25, 0.3) is 21.6 Å². The minimum atomic E-state index is -4.44. The number of H-pyrrole nitrogens is 1. The van der Waals surface area contributed by atoms with E-state index in [2.05, 4.69) is 68.3 Å². The molecule has 15 heteroatoms. The molecule has 0 spiro atoms. The van der Waals surface area contributed by atoms with E-state index in [1.54, 1.807) is 61.5 Å². The molecule has 0 bridgehead atoms. The lowest BCUT2D eigenvalue weighted by molar-refractivity contribution is -0.118. The third-order valence-corrected chi connectivity index (χ3v) is 11.9. The van der Waals surface area contributed by atoms with Gasteiger partial charge in [0.15, 0.2) is 12.3 Å². The van der Waals surface area contributed by atoms with Gasteiger partial charge in [-0.1, -0.05) is 102 Å². The first-order valence-corrected chi connectivity index (χ1v) is 21.8. The number of para-hydroxylation sites is 1. The number of amides is 1. The Bertz CT molecular complexity index is 2780. The number of carbonyl (C=O) groups excluding carboxylic acids is 2. The summed E-state index contributed by atoms with van der Waals surface area (Å²) in [5.74, 6) is 0.129. The van der Waals surface area contributed by atoms with Gasteiger partial charge in [0.1, 0.15) is 22.9 Å². The molecule has 0 aliphatic carbocycles. The van der Waals surface area contributed by atoms with Crippen molar-refractivity contribution >= 4 is 38.9 Å². The first-order valence-electron chi connectivity index (χ1n) is 20.4. The molecule has 1 heterocycles. The molecule has 0 aliphatic heterocycles. The fraction of sp³-hybridized carbons (Fsp3) is 0.271. The second-order valence-electron chi connectivity index (χ2n) is 16.2. The molecule has 0 radical (unpaired) electrons. The van der Waals surface area contributed by atoms with Crippen molar-refractivity contribution in [2.24, 2.45) is 10.2 Å². The molecule has 0 saturated carbocycles. The van der Waals surface area contributed by atoms with E-state index >= 15 is 0 Å². The third-order valence-electron chi connectivity index (χ3n) is 11.1. The number of Topliss-reactive ketones (excluding diaryl/α,β-unsaturated/α-hetero) is 1. The molecule has 1 atom stereocenters. The summed E-state index contributed by atoms with van der Waals surface area (Å²) in [4.78, 5) is 40.8. The van der Waals surface area contributed by atoms with Crippen molar-refractivity contribution in [2.75, 3.05) is 11.9 Å². The van der Waals surface area contributed by atoms with Crippen molar-refractivity contribution < 1.29 is 36.8 Å². The summed E-state index contributed by atoms with van der Waals surface area (Å²) in [7, 11) is -4.44. The van der Waals surface area contributed by atoms with Crippen LogP contribution in [0.15, 0.2) is 141 Å². The standard InChI is InChI=1S/C48H51N5O9S/c1-8-47(4,5)33-20-27-41(38(28-33)48(6,7)9-2)60-30-42(54)49-40-29-36(62-46(61-35-18-14-11-15-19-35)44(55)32-16-12-10-13-17-32)23-26-39(40)50-51-43-31(3)52-53(45(43)56)34-21-24-37(25-22-34)63(57,58)59/h10-29,46,52H,8-9,30H2,1-7H3,(H,49,54)(H,57,58,59). The zero-order chi connectivity index (χ0) is 45.5. The first-order chi connectivity index (χ1) is 29.9. The number of aromatic nitrogens is 2. The largest absolute Gasteiger partial charge is 0.483 e. The molecule has 1 aromatic heterocycles. The number of rotatable bonds is 18. The van der Waals surface area contributed by atoms with Crippen molar-refractivity contribution in [3.63, 3.8) is 0 Å². The van der Waals surface area contributed by atoms with Gasteiger partial charge in [-0.3, -0.25) is 24.0 Å². The Hall–Kier alpha value is -6.84. The van der Waals surface area contributed by atoms with Crippen LogP contribution in [0, 0.1) is 6.92 Å². The van der Waals surface area contributed by atoms with Crippen LogP contribution in [-0.4, -0.2) is 47.3 Å². The van der Waals surface area contributed by atoms with Crippen LogP contribution >= 0.6 is 0 Å². The predicted molar refractivity (Wildman–Crippen MR) is 241 cm³/mol. The molecule has 63 heavy (non-hydrogen) atoms. The number of hydrogen-bond donors (Lipinski definition) is 3. The number of aromatic amines is 1. The zero-order valence-corrected chi connectivity index (χ0v) is 37.0. The van der Waals surface area contributed by atoms with E-state index in [9.17, 15) is 27.4 Å². The van der Waals surface area contributed by atoms with Crippen LogP contribution in [0.3, 0.4) is 0 Å². The van der Waals surface area contributed by atoms with Crippen molar-refractivity contribution in [3.05, 3.63) is 154 Å². The van der Waals surface area contributed by atoms with Gasteiger partial charge in [-0.25, -0.2) is 4.68 Å². The lowest BCUT2D eigenvalue weighted by atomic mass is 9.76. The van der Waals surface area contributed by atoms with E-state index in [1.807, 2.05) is 18.2 Å². The fourth-order valence-corrected chi connectivity index (χ4v) is 6.91.